The zero-order valence-electron chi connectivity index (χ0n) is 10.5. The standard InChI is InChI=1S/C12H15Cl2N3O2/c1-16(7-8-3-2-4-15-8)11-5-9(13)10(14)6-12(11)17(18)19/h5-6,8,15H,2-4,7H2,1H3. The predicted octanol–water partition coefficient (Wildman–Crippen LogP) is 3.09. The van der Waals surface area contributed by atoms with Gasteiger partial charge in [0.2, 0.25) is 0 Å². The van der Waals surface area contributed by atoms with Gasteiger partial charge in [-0.05, 0) is 25.5 Å². The molecule has 1 heterocycles. The van der Waals surface area contributed by atoms with Crippen LogP contribution in [0.1, 0.15) is 12.8 Å². The average Bonchev–Trinajstić information content (AvgIpc) is 2.84. The van der Waals surface area contributed by atoms with Gasteiger partial charge in [0.05, 0.1) is 15.0 Å². The van der Waals surface area contributed by atoms with Crippen molar-refractivity contribution in [3.05, 3.63) is 32.3 Å². The highest BCUT2D eigenvalue weighted by Crippen LogP contribution is 2.36. The summed E-state index contributed by atoms with van der Waals surface area (Å²) >= 11 is 11.8. The molecule has 1 atom stereocenters. The van der Waals surface area contributed by atoms with Gasteiger partial charge in [-0.2, -0.15) is 0 Å². The molecule has 19 heavy (non-hydrogen) atoms. The van der Waals surface area contributed by atoms with Crippen LogP contribution in [0.5, 0.6) is 0 Å². The minimum atomic E-state index is -0.434. The molecule has 0 saturated carbocycles. The molecule has 0 bridgehead atoms. The molecule has 5 nitrogen and oxygen atoms in total. The molecule has 1 fully saturated rings. The molecule has 0 aromatic heterocycles. The van der Waals surface area contributed by atoms with E-state index >= 15 is 0 Å². The van der Waals surface area contributed by atoms with Crippen LogP contribution >= 0.6 is 23.2 Å². The number of anilines is 1. The lowest BCUT2D eigenvalue weighted by Gasteiger charge is -2.23. The highest BCUT2D eigenvalue weighted by atomic mass is 35.5. The maximum atomic E-state index is 11.1. The number of hydrogen-bond acceptors (Lipinski definition) is 4. The van der Waals surface area contributed by atoms with E-state index in [9.17, 15) is 10.1 Å². The van der Waals surface area contributed by atoms with Crippen molar-refractivity contribution in [2.75, 3.05) is 25.0 Å². The number of nitro benzene ring substituents is 1. The van der Waals surface area contributed by atoms with Crippen molar-refractivity contribution in [2.45, 2.75) is 18.9 Å². The summed E-state index contributed by atoms with van der Waals surface area (Å²) in [6.07, 6.45) is 2.22. The Kier molecular flexibility index (Phi) is 4.50. The van der Waals surface area contributed by atoms with Gasteiger partial charge in [0.15, 0.2) is 0 Å². The lowest BCUT2D eigenvalue weighted by molar-refractivity contribution is -0.384. The van der Waals surface area contributed by atoms with Crippen LogP contribution in [0.15, 0.2) is 12.1 Å². The first kappa shape index (κ1) is 14.4. The van der Waals surface area contributed by atoms with Crippen LogP contribution in [0.3, 0.4) is 0 Å². The van der Waals surface area contributed by atoms with Crippen molar-refractivity contribution < 1.29 is 4.92 Å². The quantitative estimate of drug-likeness (QED) is 0.686. The Morgan fingerprint density at radius 3 is 2.74 bits per heavy atom. The second-order valence-electron chi connectivity index (χ2n) is 4.69. The molecular formula is C12H15Cl2N3O2. The lowest BCUT2D eigenvalue weighted by atomic mass is 10.2. The molecular weight excluding hydrogens is 289 g/mol. The largest absolute Gasteiger partial charge is 0.367 e. The van der Waals surface area contributed by atoms with Gasteiger partial charge < -0.3 is 10.2 Å². The van der Waals surface area contributed by atoms with Crippen LogP contribution in [0, 0.1) is 10.1 Å². The Morgan fingerprint density at radius 1 is 1.47 bits per heavy atom. The van der Waals surface area contributed by atoms with E-state index in [2.05, 4.69) is 5.32 Å². The zero-order chi connectivity index (χ0) is 14.0. The molecule has 104 valence electrons. The molecule has 7 heteroatoms. The van der Waals surface area contributed by atoms with Gasteiger partial charge in [0.1, 0.15) is 5.69 Å². The van der Waals surface area contributed by atoms with E-state index in [1.807, 2.05) is 11.9 Å². The molecule has 1 N–H and O–H groups in total. The number of benzene rings is 1. The fraction of sp³-hybridized carbons (Fsp3) is 0.500. The van der Waals surface area contributed by atoms with Crippen LogP contribution in [0.2, 0.25) is 10.0 Å². The van der Waals surface area contributed by atoms with Crippen LogP contribution in [0.4, 0.5) is 11.4 Å². The Labute approximate surface area is 121 Å². The first-order valence-electron chi connectivity index (χ1n) is 6.07. The summed E-state index contributed by atoms with van der Waals surface area (Å²) in [6, 6.07) is 3.22. The van der Waals surface area contributed by atoms with Crippen molar-refractivity contribution in [1.29, 1.82) is 0 Å². The van der Waals surface area contributed by atoms with E-state index in [4.69, 9.17) is 23.2 Å². The highest BCUT2D eigenvalue weighted by Gasteiger charge is 2.23. The molecule has 1 unspecified atom stereocenters. The van der Waals surface area contributed by atoms with Crippen LogP contribution in [-0.2, 0) is 0 Å². The van der Waals surface area contributed by atoms with Crippen molar-refractivity contribution in [3.63, 3.8) is 0 Å². The monoisotopic (exact) mass is 303 g/mol. The van der Waals surface area contributed by atoms with Crippen LogP contribution < -0.4 is 10.2 Å². The second-order valence-corrected chi connectivity index (χ2v) is 5.50. The maximum absolute atomic E-state index is 11.1. The summed E-state index contributed by atoms with van der Waals surface area (Å²) in [5.74, 6) is 0. The molecule has 0 spiro atoms. The van der Waals surface area contributed by atoms with Gasteiger partial charge >= 0.3 is 0 Å². The number of nitrogens with one attached hydrogen (secondary N) is 1. The molecule has 1 aliphatic heterocycles. The van der Waals surface area contributed by atoms with E-state index in [1.54, 1.807) is 6.07 Å². The third-order valence-electron chi connectivity index (χ3n) is 3.28. The number of hydrogen-bond donors (Lipinski definition) is 1. The topological polar surface area (TPSA) is 58.4 Å². The first-order valence-corrected chi connectivity index (χ1v) is 6.82. The lowest BCUT2D eigenvalue weighted by Crippen LogP contribution is -2.35. The van der Waals surface area contributed by atoms with Crippen molar-refractivity contribution >= 4 is 34.6 Å². The van der Waals surface area contributed by atoms with Crippen molar-refractivity contribution in [2.24, 2.45) is 0 Å². The van der Waals surface area contributed by atoms with Gasteiger partial charge in [0, 0.05) is 25.7 Å². The number of halogens is 2. The van der Waals surface area contributed by atoms with Gasteiger partial charge in [-0.15, -0.1) is 0 Å². The third kappa shape index (κ3) is 3.29. The van der Waals surface area contributed by atoms with E-state index in [-0.39, 0.29) is 10.7 Å². The summed E-state index contributed by atoms with van der Waals surface area (Å²) in [7, 11) is 1.83. The van der Waals surface area contributed by atoms with E-state index in [0.29, 0.717) is 23.3 Å². The minimum Gasteiger partial charge on any atom is -0.367 e. The Morgan fingerprint density at radius 2 is 2.16 bits per heavy atom. The first-order chi connectivity index (χ1) is 8.99. The molecule has 2 rings (SSSR count). The molecule has 1 aliphatic rings. The van der Waals surface area contributed by atoms with Gasteiger partial charge in [0.25, 0.3) is 5.69 Å². The summed E-state index contributed by atoms with van der Waals surface area (Å²) in [5, 5.41) is 15.0. The van der Waals surface area contributed by atoms with Crippen molar-refractivity contribution in [3.8, 4) is 0 Å². The highest BCUT2D eigenvalue weighted by molar-refractivity contribution is 6.42. The minimum absolute atomic E-state index is 0.0186. The average molecular weight is 304 g/mol. The Hall–Kier alpha value is -1.04. The number of rotatable bonds is 4. The SMILES string of the molecule is CN(CC1CCCN1)c1cc(Cl)c(Cl)cc1[N+](=O)[O-]. The fourth-order valence-corrected chi connectivity index (χ4v) is 2.64. The Bertz CT molecular complexity index is 490. The van der Waals surface area contributed by atoms with E-state index in [1.165, 1.54) is 6.07 Å². The van der Waals surface area contributed by atoms with Gasteiger partial charge in [-0.25, -0.2) is 0 Å². The fourth-order valence-electron chi connectivity index (χ4n) is 2.32. The zero-order valence-corrected chi connectivity index (χ0v) is 12.0. The normalized spacial score (nSPS) is 18.6. The predicted molar refractivity (Wildman–Crippen MR) is 77.4 cm³/mol. The second kappa shape index (κ2) is 5.94. The Balaban J connectivity index is 2.26. The van der Waals surface area contributed by atoms with Crippen LogP contribution in [-0.4, -0.2) is 31.1 Å². The molecule has 1 aromatic rings. The van der Waals surface area contributed by atoms with Gasteiger partial charge in [-0.1, -0.05) is 23.2 Å². The molecule has 0 radical (unpaired) electrons. The number of nitrogens with zero attached hydrogens (tertiary/aromatic N) is 2. The molecule has 0 amide bonds. The third-order valence-corrected chi connectivity index (χ3v) is 4.00. The van der Waals surface area contributed by atoms with Crippen LogP contribution in [0.25, 0.3) is 0 Å². The van der Waals surface area contributed by atoms with Gasteiger partial charge in [-0.3, -0.25) is 10.1 Å². The summed E-state index contributed by atoms with van der Waals surface area (Å²) in [4.78, 5) is 12.5. The molecule has 1 aromatic carbocycles. The summed E-state index contributed by atoms with van der Waals surface area (Å²) in [6.45, 7) is 1.71. The molecule has 1 saturated heterocycles. The van der Waals surface area contributed by atoms with E-state index in [0.717, 1.165) is 19.4 Å². The van der Waals surface area contributed by atoms with Crippen molar-refractivity contribution in [1.82, 2.24) is 5.32 Å². The molecule has 0 aliphatic carbocycles. The number of likely N-dealkylation sites (N-methyl/N-ethyl adjacent to an activating group) is 1. The van der Waals surface area contributed by atoms with E-state index < -0.39 is 4.92 Å². The maximum Gasteiger partial charge on any atom is 0.294 e. The number of nitro groups is 1. The smallest absolute Gasteiger partial charge is 0.294 e. The summed E-state index contributed by atoms with van der Waals surface area (Å²) in [5.41, 5.74) is 0.475. The summed E-state index contributed by atoms with van der Waals surface area (Å²) < 4.78 is 0.